The zero-order valence-electron chi connectivity index (χ0n) is 18.9. The fourth-order valence-electron chi connectivity index (χ4n) is 4.44. The van der Waals surface area contributed by atoms with Gasteiger partial charge in [-0.3, -0.25) is 14.3 Å². The third kappa shape index (κ3) is 4.28. The number of aromatic nitrogens is 6. The maximum Gasteiger partial charge on any atom is 0.247 e. The summed E-state index contributed by atoms with van der Waals surface area (Å²) in [5.74, 6) is 0.949. The first-order chi connectivity index (χ1) is 16.8. The average molecular weight is 478 g/mol. The summed E-state index contributed by atoms with van der Waals surface area (Å²) in [6.07, 6.45) is 5.58. The number of halogens is 1. The van der Waals surface area contributed by atoms with Crippen molar-refractivity contribution in [2.75, 3.05) is 22.1 Å². The number of aliphatic hydroxyl groups is 1. The lowest BCUT2D eigenvalue weighted by Gasteiger charge is -2.24. The molecule has 1 aliphatic heterocycles. The van der Waals surface area contributed by atoms with Gasteiger partial charge in [0.1, 0.15) is 11.7 Å². The molecule has 4 aromatic heterocycles. The van der Waals surface area contributed by atoms with Crippen LogP contribution in [0.15, 0.2) is 42.7 Å². The molecule has 1 saturated heterocycles. The molecule has 1 amide bonds. The van der Waals surface area contributed by atoms with E-state index in [1.807, 2.05) is 24.4 Å². The number of aromatic amines is 1. The first-order valence-corrected chi connectivity index (χ1v) is 11.4. The Morgan fingerprint density at radius 2 is 2.14 bits per heavy atom. The van der Waals surface area contributed by atoms with Crippen LogP contribution in [0.3, 0.4) is 0 Å². The molecule has 2 aliphatic rings. The normalized spacial score (nSPS) is 22.0. The molecule has 6 rings (SSSR count). The smallest absolute Gasteiger partial charge is 0.247 e. The predicted molar refractivity (Wildman–Crippen MR) is 126 cm³/mol. The van der Waals surface area contributed by atoms with Gasteiger partial charge in [-0.05, 0) is 44.0 Å². The van der Waals surface area contributed by atoms with Gasteiger partial charge in [0.2, 0.25) is 23.8 Å². The largest absolute Gasteiger partial charge is 0.388 e. The average Bonchev–Trinajstić information content (AvgIpc) is 3.22. The van der Waals surface area contributed by atoms with Crippen molar-refractivity contribution in [1.82, 2.24) is 29.5 Å². The monoisotopic (exact) mass is 477 g/mol. The van der Waals surface area contributed by atoms with Gasteiger partial charge in [-0.1, -0.05) is 0 Å². The Hall–Kier alpha value is -4.06. The van der Waals surface area contributed by atoms with Crippen LogP contribution in [-0.2, 0) is 4.79 Å². The number of anilines is 4. The van der Waals surface area contributed by atoms with Crippen LogP contribution in [0.4, 0.5) is 27.8 Å². The summed E-state index contributed by atoms with van der Waals surface area (Å²) in [5.41, 5.74) is 0.949. The molecule has 0 unspecified atom stereocenters. The number of amides is 1. The molecule has 11 nitrogen and oxygen atoms in total. The molecule has 5 heterocycles. The Morgan fingerprint density at radius 1 is 1.29 bits per heavy atom. The lowest BCUT2D eigenvalue weighted by atomic mass is 10.0. The molecule has 35 heavy (non-hydrogen) atoms. The van der Waals surface area contributed by atoms with Gasteiger partial charge >= 0.3 is 0 Å². The molecule has 2 fully saturated rings. The first kappa shape index (κ1) is 21.5. The number of carbonyl (C=O) groups excluding carboxylic acids is 1. The van der Waals surface area contributed by atoms with Crippen molar-refractivity contribution < 1.29 is 14.3 Å². The summed E-state index contributed by atoms with van der Waals surface area (Å²) in [7, 11) is 0. The Labute approximate surface area is 199 Å². The summed E-state index contributed by atoms with van der Waals surface area (Å²) in [6.45, 7) is 1.84. The number of nitrogens with one attached hydrogen (secondary N) is 3. The molecule has 0 radical (unpaired) electrons. The molecular weight excluding hydrogens is 453 g/mol. The second-order valence-corrected chi connectivity index (χ2v) is 9.40. The number of pyridine rings is 1. The van der Waals surface area contributed by atoms with E-state index in [-0.39, 0.29) is 18.9 Å². The van der Waals surface area contributed by atoms with Gasteiger partial charge in [0.25, 0.3) is 0 Å². The lowest BCUT2D eigenvalue weighted by molar-refractivity contribution is -0.117. The van der Waals surface area contributed by atoms with Crippen LogP contribution in [0.5, 0.6) is 0 Å². The quantitative estimate of drug-likeness (QED) is 0.311. The highest BCUT2D eigenvalue weighted by molar-refractivity contribution is 5.97. The van der Waals surface area contributed by atoms with Crippen molar-refractivity contribution in [3.8, 4) is 0 Å². The molecule has 180 valence electrons. The topological polar surface area (TPSA) is 136 Å². The van der Waals surface area contributed by atoms with E-state index >= 15 is 0 Å². The molecular formula is C23H24FN9O2. The highest BCUT2D eigenvalue weighted by Gasteiger charge is 2.44. The molecule has 12 heteroatoms. The van der Waals surface area contributed by atoms with E-state index in [0.29, 0.717) is 35.0 Å². The van der Waals surface area contributed by atoms with Crippen LogP contribution in [0.25, 0.3) is 5.65 Å². The first-order valence-electron chi connectivity index (χ1n) is 11.4. The van der Waals surface area contributed by atoms with Crippen LogP contribution in [0.1, 0.15) is 37.8 Å². The number of nitrogens with zero attached hydrogens (tertiary/aromatic N) is 6. The van der Waals surface area contributed by atoms with Crippen molar-refractivity contribution in [1.29, 1.82) is 0 Å². The fraction of sp³-hybridized carbons (Fsp3) is 0.348. The van der Waals surface area contributed by atoms with E-state index in [0.717, 1.165) is 18.5 Å². The molecule has 4 N–H and O–H groups in total. The van der Waals surface area contributed by atoms with Crippen molar-refractivity contribution in [2.24, 2.45) is 0 Å². The SMILES string of the molecule is C[C@]1(O)C[C@@H](C(=O)Nc2ccc(F)nc2)N(c2nc(Nc3cc(C4CC4)[nH]n3)n3cccc3n2)C1. The van der Waals surface area contributed by atoms with E-state index in [4.69, 9.17) is 4.98 Å². The van der Waals surface area contributed by atoms with Gasteiger partial charge in [-0.2, -0.15) is 19.5 Å². The van der Waals surface area contributed by atoms with Crippen LogP contribution in [-0.4, -0.2) is 58.8 Å². The third-order valence-electron chi connectivity index (χ3n) is 6.31. The minimum atomic E-state index is -1.13. The van der Waals surface area contributed by atoms with E-state index in [1.54, 1.807) is 16.2 Å². The van der Waals surface area contributed by atoms with Gasteiger partial charge in [-0.25, -0.2) is 4.98 Å². The summed E-state index contributed by atoms with van der Waals surface area (Å²) in [6, 6.07) is 7.52. The number of β-amino-alcohol motifs (C(OH)–C–C–N with tert-alkyl or cyclic N) is 1. The number of fused-ring (bicyclic) bond motifs is 1. The number of H-pyrrole nitrogens is 1. The van der Waals surface area contributed by atoms with E-state index in [9.17, 15) is 14.3 Å². The Bertz CT molecular complexity index is 1390. The Kier molecular flexibility index (Phi) is 4.92. The number of rotatable bonds is 6. The van der Waals surface area contributed by atoms with Gasteiger partial charge < -0.3 is 20.6 Å². The lowest BCUT2D eigenvalue weighted by Crippen LogP contribution is -2.41. The molecule has 2 atom stereocenters. The van der Waals surface area contributed by atoms with E-state index in [1.165, 1.54) is 18.3 Å². The third-order valence-corrected chi connectivity index (χ3v) is 6.31. The molecule has 1 aliphatic carbocycles. The molecule has 0 aromatic carbocycles. The predicted octanol–water partition coefficient (Wildman–Crippen LogP) is 2.58. The zero-order chi connectivity index (χ0) is 24.2. The van der Waals surface area contributed by atoms with Gasteiger partial charge in [0.05, 0.1) is 24.0 Å². The van der Waals surface area contributed by atoms with Crippen molar-refractivity contribution in [2.45, 2.75) is 43.7 Å². The van der Waals surface area contributed by atoms with Crippen LogP contribution in [0.2, 0.25) is 0 Å². The fourth-order valence-corrected chi connectivity index (χ4v) is 4.44. The number of hydrogen-bond acceptors (Lipinski definition) is 8. The second-order valence-electron chi connectivity index (χ2n) is 9.40. The Morgan fingerprint density at radius 3 is 2.91 bits per heavy atom. The molecule has 4 aromatic rings. The highest BCUT2D eigenvalue weighted by Crippen LogP contribution is 2.39. The highest BCUT2D eigenvalue weighted by atomic mass is 19.1. The minimum Gasteiger partial charge on any atom is -0.388 e. The van der Waals surface area contributed by atoms with E-state index in [2.05, 4.69) is 30.8 Å². The van der Waals surface area contributed by atoms with Crippen LogP contribution in [0, 0.1) is 5.95 Å². The molecule has 1 saturated carbocycles. The maximum absolute atomic E-state index is 13.2. The summed E-state index contributed by atoms with van der Waals surface area (Å²) >= 11 is 0. The van der Waals surface area contributed by atoms with Crippen LogP contribution < -0.4 is 15.5 Å². The van der Waals surface area contributed by atoms with Gasteiger partial charge in [-0.15, -0.1) is 0 Å². The standard InChI is InChI=1S/C23H24FN9O2/c1-23(35)10-16(20(34)26-14-6-7-17(24)25-11-14)33(12-23)22-28-19-3-2-8-32(19)21(29-22)27-18-9-15(30-31-18)13-4-5-13/h2-3,6-9,11,13,16,35H,4-5,10,12H2,1H3,(H,26,34)(H2,27,28,29,30,31)/t16-,23-/m0/s1. The number of carbonyl (C=O) groups is 1. The van der Waals surface area contributed by atoms with Gasteiger partial charge in [0, 0.05) is 30.3 Å². The number of hydrogen-bond donors (Lipinski definition) is 4. The maximum atomic E-state index is 13.2. The zero-order valence-corrected chi connectivity index (χ0v) is 18.9. The summed E-state index contributed by atoms with van der Waals surface area (Å²) < 4.78 is 14.9. The molecule has 0 spiro atoms. The van der Waals surface area contributed by atoms with E-state index < -0.39 is 17.6 Å². The minimum absolute atomic E-state index is 0.164. The Balaban J connectivity index is 1.31. The molecule has 0 bridgehead atoms. The van der Waals surface area contributed by atoms with Crippen molar-refractivity contribution in [3.63, 3.8) is 0 Å². The van der Waals surface area contributed by atoms with Crippen molar-refractivity contribution >= 4 is 35.0 Å². The van der Waals surface area contributed by atoms with Crippen LogP contribution >= 0.6 is 0 Å². The summed E-state index contributed by atoms with van der Waals surface area (Å²) in [5, 5.41) is 24.2. The second kappa shape index (κ2) is 8.01. The van der Waals surface area contributed by atoms with Crippen molar-refractivity contribution in [3.05, 3.63) is 54.4 Å². The summed E-state index contributed by atoms with van der Waals surface area (Å²) in [4.78, 5) is 27.7. The van der Waals surface area contributed by atoms with Gasteiger partial charge in [0.15, 0.2) is 5.82 Å².